The van der Waals surface area contributed by atoms with E-state index in [-0.39, 0.29) is 0 Å². The van der Waals surface area contributed by atoms with Crippen LogP contribution in [0.25, 0.3) is 0 Å². The summed E-state index contributed by atoms with van der Waals surface area (Å²) in [6.07, 6.45) is 11.5. The minimum absolute atomic E-state index is 0.321. The van der Waals surface area contributed by atoms with Gasteiger partial charge >= 0.3 is 0 Å². The van der Waals surface area contributed by atoms with Crippen molar-refractivity contribution in [3.63, 3.8) is 0 Å². The fourth-order valence-corrected chi connectivity index (χ4v) is 1.88. The molecule has 0 saturated heterocycles. The van der Waals surface area contributed by atoms with Gasteiger partial charge in [0.05, 0.1) is 0 Å². The van der Waals surface area contributed by atoms with Gasteiger partial charge in [0.25, 0.3) is 0 Å². The Balaban J connectivity index is 4.56. The fraction of sp³-hybridized carbons (Fsp3) is 0.867. The van der Waals surface area contributed by atoms with E-state index in [1.807, 2.05) is 0 Å². The molecule has 0 fully saturated rings. The summed E-state index contributed by atoms with van der Waals surface area (Å²) < 4.78 is 0. The summed E-state index contributed by atoms with van der Waals surface area (Å²) in [5, 5.41) is 0. The largest absolute Gasteiger partial charge is 0.0826 e. The molecule has 0 unspecified atom stereocenters. The van der Waals surface area contributed by atoms with Crippen LogP contribution in [-0.2, 0) is 0 Å². The van der Waals surface area contributed by atoms with Gasteiger partial charge in [-0.2, -0.15) is 0 Å². The van der Waals surface area contributed by atoms with Crippen molar-refractivity contribution in [2.24, 2.45) is 10.8 Å². The molecule has 0 aliphatic rings. The first-order valence-corrected chi connectivity index (χ1v) is 6.59. The topological polar surface area (TPSA) is 0 Å². The van der Waals surface area contributed by atoms with E-state index in [1.165, 1.54) is 32.1 Å². The molecule has 0 aliphatic heterocycles. The maximum absolute atomic E-state index is 2.49. The maximum Gasteiger partial charge on any atom is -0.0123 e. The van der Waals surface area contributed by atoms with Crippen LogP contribution >= 0.6 is 0 Å². The van der Waals surface area contributed by atoms with Gasteiger partial charge in [0.15, 0.2) is 0 Å². The van der Waals surface area contributed by atoms with Crippen LogP contribution in [0.4, 0.5) is 0 Å². The van der Waals surface area contributed by atoms with Crippen molar-refractivity contribution in [1.29, 1.82) is 0 Å². The minimum Gasteiger partial charge on any atom is -0.0826 e. The van der Waals surface area contributed by atoms with E-state index < -0.39 is 0 Å². The lowest BCUT2D eigenvalue weighted by Gasteiger charge is -2.29. The van der Waals surface area contributed by atoms with E-state index in [4.69, 9.17) is 0 Å². The molecule has 0 bridgehead atoms. The molecule has 0 aromatic carbocycles. The Hall–Kier alpha value is -0.260. The van der Waals surface area contributed by atoms with Crippen molar-refractivity contribution in [2.45, 2.75) is 73.6 Å². The Morgan fingerprint density at radius 1 is 0.867 bits per heavy atom. The zero-order chi connectivity index (χ0) is 11.9. The van der Waals surface area contributed by atoms with Crippen molar-refractivity contribution >= 4 is 0 Å². The van der Waals surface area contributed by atoms with Gasteiger partial charge in [-0.15, -0.1) is 0 Å². The van der Waals surface area contributed by atoms with Crippen molar-refractivity contribution in [1.82, 2.24) is 0 Å². The molecule has 0 amide bonds. The molecule has 0 heteroatoms. The Kier molecular flexibility index (Phi) is 6.24. The highest BCUT2D eigenvalue weighted by molar-refractivity contribution is 5.03. The smallest absolute Gasteiger partial charge is 0.0123 e. The number of allylic oxidation sites excluding steroid dienone is 2. The molecule has 90 valence electrons. The predicted octanol–water partition coefficient (Wildman–Crippen LogP) is 5.59. The highest BCUT2D eigenvalue weighted by Crippen LogP contribution is 2.35. The molecule has 0 aromatic heterocycles. The first-order valence-electron chi connectivity index (χ1n) is 6.59. The fourth-order valence-electron chi connectivity index (χ4n) is 1.88. The van der Waals surface area contributed by atoms with Gasteiger partial charge < -0.3 is 0 Å². The molecule has 0 aromatic rings. The number of hydrogen-bond donors (Lipinski definition) is 0. The van der Waals surface area contributed by atoms with Crippen LogP contribution in [0.1, 0.15) is 73.6 Å². The van der Waals surface area contributed by atoms with E-state index >= 15 is 0 Å². The van der Waals surface area contributed by atoms with Crippen LogP contribution < -0.4 is 0 Å². The zero-order valence-electron chi connectivity index (χ0n) is 11.7. The van der Waals surface area contributed by atoms with Crippen LogP contribution in [0, 0.1) is 10.8 Å². The molecule has 0 nitrogen and oxygen atoms in total. The van der Waals surface area contributed by atoms with E-state index in [1.54, 1.807) is 0 Å². The highest BCUT2D eigenvalue weighted by Gasteiger charge is 2.22. The summed E-state index contributed by atoms with van der Waals surface area (Å²) in [5.74, 6) is 0. The summed E-state index contributed by atoms with van der Waals surface area (Å²) >= 11 is 0. The number of rotatable bonds is 6. The normalized spacial score (nSPS) is 13.7. The summed E-state index contributed by atoms with van der Waals surface area (Å²) in [7, 11) is 0. The third-order valence-electron chi connectivity index (χ3n) is 3.37. The summed E-state index contributed by atoms with van der Waals surface area (Å²) in [5.41, 5.74) is 0.783. The highest BCUT2D eigenvalue weighted by atomic mass is 14.3. The third-order valence-corrected chi connectivity index (χ3v) is 3.37. The quantitative estimate of drug-likeness (QED) is 0.502. The Bertz CT molecular complexity index is 177. The van der Waals surface area contributed by atoms with E-state index in [0.29, 0.717) is 10.8 Å². The molecule has 0 saturated carbocycles. The van der Waals surface area contributed by atoms with E-state index in [0.717, 1.165) is 0 Å². The lowest BCUT2D eigenvalue weighted by molar-refractivity contribution is 0.310. The van der Waals surface area contributed by atoms with Crippen molar-refractivity contribution in [3.05, 3.63) is 12.2 Å². The van der Waals surface area contributed by atoms with Crippen molar-refractivity contribution in [3.8, 4) is 0 Å². The number of hydrogen-bond acceptors (Lipinski definition) is 0. The monoisotopic (exact) mass is 210 g/mol. The molecule has 0 spiro atoms. The second-order valence-corrected chi connectivity index (χ2v) is 5.87. The summed E-state index contributed by atoms with van der Waals surface area (Å²) in [4.78, 5) is 0. The molecular weight excluding hydrogens is 180 g/mol. The van der Waals surface area contributed by atoms with Gasteiger partial charge in [-0.3, -0.25) is 0 Å². The average molecular weight is 210 g/mol. The van der Waals surface area contributed by atoms with Gasteiger partial charge in [0.1, 0.15) is 0 Å². The second kappa shape index (κ2) is 6.35. The zero-order valence-corrected chi connectivity index (χ0v) is 11.7. The molecule has 15 heavy (non-hydrogen) atoms. The van der Waals surface area contributed by atoms with Gasteiger partial charge in [-0.05, 0) is 30.1 Å². The van der Waals surface area contributed by atoms with E-state index in [2.05, 4.69) is 53.7 Å². The standard InChI is InChI=1S/C15H30/c1-7-10-11-15(8-2,9-3)13-12-14(4,5)6/h12-13H,7-11H2,1-6H3/b13-12+. The Labute approximate surface area is 97.2 Å². The minimum atomic E-state index is 0.321. The van der Waals surface area contributed by atoms with Crippen LogP contribution in [0.5, 0.6) is 0 Å². The van der Waals surface area contributed by atoms with E-state index in [9.17, 15) is 0 Å². The average Bonchev–Trinajstić information content (AvgIpc) is 2.18. The van der Waals surface area contributed by atoms with Crippen LogP contribution in [0.3, 0.4) is 0 Å². The lowest BCUT2D eigenvalue weighted by Crippen LogP contribution is -2.16. The molecular formula is C15H30. The second-order valence-electron chi connectivity index (χ2n) is 5.87. The first kappa shape index (κ1) is 14.7. The maximum atomic E-state index is 2.49. The van der Waals surface area contributed by atoms with Gasteiger partial charge in [-0.1, -0.05) is 66.5 Å². The van der Waals surface area contributed by atoms with Crippen molar-refractivity contribution < 1.29 is 0 Å². The summed E-state index contributed by atoms with van der Waals surface area (Å²) in [6, 6.07) is 0. The van der Waals surface area contributed by atoms with Crippen LogP contribution in [-0.4, -0.2) is 0 Å². The molecule has 0 atom stereocenters. The molecule has 0 radical (unpaired) electrons. The molecule has 0 rings (SSSR count). The molecule has 0 heterocycles. The summed E-state index contributed by atoms with van der Waals surface area (Å²) in [6.45, 7) is 13.8. The SMILES string of the molecule is CCCCC(/C=C/C(C)(C)C)(CC)CC. The molecule has 0 aliphatic carbocycles. The van der Waals surface area contributed by atoms with Crippen LogP contribution in [0.2, 0.25) is 0 Å². The Morgan fingerprint density at radius 2 is 1.40 bits per heavy atom. The predicted molar refractivity (Wildman–Crippen MR) is 71.1 cm³/mol. The van der Waals surface area contributed by atoms with Gasteiger partial charge in [-0.25, -0.2) is 0 Å². The first-order chi connectivity index (χ1) is 6.89. The lowest BCUT2D eigenvalue weighted by atomic mass is 9.76. The third kappa shape index (κ3) is 6.02. The van der Waals surface area contributed by atoms with Crippen molar-refractivity contribution in [2.75, 3.05) is 0 Å². The van der Waals surface area contributed by atoms with Gasteiger partial charge in [0.2, 0.25) is 0 Å². The molecule has 0 N–H and O–H groups in total. The van der Waals surface area contributed by atoms with Crippen LogP contribution in [0.15, 0.2) is 12.2 Å². The van der Waals surface area contributed by atoms with Gasteiger partial charge in [0, 0.05) is 0 Å². The number of unbranched alkanes of at least 4 members (excludes halogenated alkanes) is 1. The Morgan fingerprint density at radius 3 is 1.73 bits per heavy atom.